The summed E-state index contributed by atoms with van der Waals surface area (Å²) in [5, 5.41) is 0. The molecule has 6 rings (SSSR count). The van der Waals surface area contributed by atoms with Crippen molar-refractivity contribution in [1.82, 2.24) is 19.6 Å². The molecule has 280 valence electrons. The van der Waals surface area contributed by atoms with Gasteiger partial charge in [-0.25, -0.2) is 9.59 Å². The molecule has 2 aliphatic heterocycles. The van der Waals surface area contributed by atoms with Gasteiger partial charge in [-0.1, -0.05) is 88.8 Å². The number of hydrogen-bond donors (Lipinski definition) is 0. The molecular formula is C42H56N4O6. The lowest BCUT2D eigenvalue weighted by atomic mass is 9.92. The molecule has 4 unspecified atom stereocenters. The van der Waals surface area contributed by atoms with Crippen molar-refractivity contribution in [3.05, 3.63) is 83.9 Å². The summed E-state index contributed by atoms with van der Waals surface area (Å²) in [5.41, 5.74) is 1.27. The van der Waals surface area contributed by atoms with Crippen LogP contribution in [0, 0.1) is 0 Å². The number of rotatable bonds is 12. The molecule has 2 saturated carbocycles. The number of esters is 2. The van der Waals surface area contributed by atoms with Crippen LogP contribution in [0.4, 0.5) is 0 Å². The van der Waals surface area contributed by atoms with Crippen molar-refractivity contribution in [3.8, 4) is 0 Å². The quantitative estimate of drug-likeness (QED) is 0.204. The molecule has 2 aliphatic carbocycles. The molecule has 4 atom stereocenters. The second-order valence-corrected chi connectivity index (χ2v) is 14.9. The Morgan fingerprint density at radius 2 is 0.942 bits per heavy atom. The zero-order chi connectivity index (χ0) is 36.5. The number of hydrogen-bond acceptors (Lipinski definition) is 8. The van der Waals surface area contributed by atoms with E-state index in [1.54, 1.807) is 0 Å². The molecule has 10 heteroatoms. The molecule has 2 aromatic rings. The van der Waals surface area contributed by atoms with Crippen LogP contribution in [0.5, 0.6) is 0 Å². The highest BCUT2D eigenvalue weighted by molar-refractivity contribution is 5.96. The number of likely N-dealkylation sites (tertiary alicyclic amines) is 2. The Kier molecular flexibility index (Phi) is 13.2. The normalized spacial score (nSPS) is 24.9. The van der Waals surface area contributed by atoms with E-state index in [0.717, 1.165) is 89.4 Å². The van der Waals surface area contributed by atoms with Gasteiger partial charge in [-0.15, -0.1) is 0 Å². The second-order valence-electron chi connectivity index (χ2n) is 14.9. The van der Waals surface area contributed by atoms with Gasteiger partial charge in [-0.2, -0.15) is 0 Å². The summed E-state index contributed by atoms with van der Waals surface area (Å²) >= 11 is 0. The molecule has 4 aliphatic rings. The van der Waals surface area contributed by atoms with E-state index in [2.05, 4.69) is 23.6 Å². The molecule has 2 amide bonds. The van der Waals surface area contributed by atoms with Gasteiger partial charge in [0, 0.05) is 61.5 Å². The number of ether oxygens (including phenoxy) is 2. The lowest BCUT2D eigenvalue weighted by Gasteiger charge is -2.40. The third-order valence-electron chi connectivity index (χ3n) is 11.6. The van der Waals surface area contributed by atoms with Crippen molar-refractivity contribution >= 4 is 23.8 Å². The first-order valence-electron chi connectivity index (χ1n) is 19.7. The summed E-state index contributed by atoms with van der Waals surface area (Å²) < 4.78 is 12.1. The summed E-state index contributed by atoms with van der Waals surface area (Å²) in [4.78, 5) is 63.2. The summed E-state index contributed by atoms with van der Waals surface area (Å²) in [7, 11) is 0. The van der Waals surface area contributed by atoms with Crippen molar-refractivity contribution in [1.29, 1.82) is 0 Å². The number of nitrogens with zero attached hydrogens (tertiary/aromatic N) is 4. The molecule has 0 aromatic heterocycles. The van der Waals surface area contributed by atoms with E-state index in [-0.39, 0.29) is 36.0 Å². The molecule has 10 nitrogen and oxygen atoms in total. The maximum absolute atomic E-state index is 14.0. The lowest BCUT2D eigenvalue weighted by molar-refractivity contribution is -0.147. The molecule has 0 spiro atoms. The maximum Gasteiger partial charge on any atom is 0.331 e. The Morgan fingerprint density at radius 1 is 0.577 bits per heavy atom. The largest absolute Gasteiger partial charge is 0.456 e. The van der Waals surface area contributed by atoms with E-state index >= 15 is 0 Å². The van der Waals surface area contributed by atoms with Gasteiger partial charge in [-0.3, -0.25) is 19.4 Å². The van der Waals surface area contributed by atoms with Crippen LogP contribution in [0.3, 0.4) is 0 Å². The molecule has 0 N–H and O–H groups in total. The fourth-order valence-corrected chi connectivity index (χ4v) is 8.81. The minimum absolute atomic E-state index is 0.0316. The van der Waals surface area contributed by atoms with Crippen molar-refractivity contribution in [2.45, 2.75) is 114 Å². The maximum atomic E-state index is 14.0. The Balaban J connectivity index is 1.15. The van der Waals surface area contributed by atoms with Crippen molar-refractivity contribution in [2.24, 2.45) is 0 Å². The van der Waals surface area contributed by atoms with Crippen LogP contribution in [0.15, 0.2) is 72.8 Å². The highest BCUT2D eigenvalue weighted by atomic mass is 16.6. The zero-order valence-corrected chi connectivity index (χ0v) is 30.9. The van der Waals surface area contributed by atoms with Gasteiger partial charge in [0.15, 0.2) is 0 Å². The van der Waals surface area contributed by atoms with Gasteiger partial charge in [-0.05, 0) is 63.0 Å². The molecule has 0 bridgehead atoms. The monoisotopic (exact) mass is 712 g/mol. The molecule has 2 aromatic carbocycles. The number of carbonyl (C=O) groups excluding carboxylic acids is 4. The number of benzene rings is 2. The Bertz CT molecular complexity index is 1410. The highest BCUT2D eigenvalue weighted by Crippen LogP contribution is 2.32. The van der Waals surface area contributed by atoms with Crippen LogP contribution in [0.2, 0.25) is 0 Å². The van der Waals surface area contributed by atoms with Crippen LogP contribution in [-0.4, -0.2) is 119 Å². The molecular weight excluding hydrogens is 656 g/mol. The molecule has 2 heterocycles. The van der Waals surface area contributed by atoms with Gasteiger partial charge < -0.3 is 19.3 Å². The third kappa shape index (κ3) is 9.12. The summed E-state index contributed by atoms with van der Waals surface area (Å²) in [6.07, 6.45) is 11.5. The zero-order valence-electron chi connectivity index (χ0n) is 30.9. The Morgan fingerprint density at radius 3 is 1.29 bits per heavy atom. The van der Waals surface area contributed by atoms with E-state index in [9.17, 15) is 19.2 Å². The van der Waals surface area contributed by atoms with Gasteiger partial charge in [0.1, 0.15) is 12.2 Å². The van der Waals surface area contributed by atoms with Gasteiger partial charge in [0.25, 0.3) is 11.8 Å². The van der Waals surface area contributed by atoms with E-state index in [4.69, 9.17) is 9.47 Å². The lowest BCUT2D eigenvalue weighted by Crippen LogP contribution is -2.53. The third-order valence-corrected chi connectivity index (χ3v) is 11.6. The molecule has 2 saturated heterocycles. The Labute approximate surface area is 309 Å². The fraction of sp³-hybridized carbons (Fsp3) is 0.571. The molecule has 4 fully saturated rings. The van der Waals surface area contributed by atoms with Crippen LogP contribution in [-0.2, 0) is 19.1 Å². The van der Waals surface area contributed by atoms with E-state index < -0.39 is 24.1 Å². The first-order valence-corrected chi connectivity index (χ1v) is 19.7. The first kappa shape index (κ1) is 37.7. The van der Waals surface area contributed by atoms with Crippen LogP contribution < -0.4 is 0 Å². The SMILES string of the molecule is CCN1CC(OC(=O)/C=C/C(=O)OC2CN(CC)CC2N(C(=O)c2ccccc2)C2CCCCC2)C(N(C(=O)c2ccccc2)C2CCCCC2)C1. The molecule has 0 radical (unpaired) electrons. The topological polar surface area (TPSA) is 99.7 Å². The number of carbonyl (C=O) groups is 4. The van der Waals surface area contributed by atoms with Crippen molar-refractivity contribution in [3.63, 3.8) is 0 Å². The Hall–Kier alpha value is -4.02. The number of amides is 2. The second kappa shape index (κ2) is 18.1. The van der Waals surface area contributed by atoms with Gasteiger partial charge in [0.2, 0.25) is 0 Å². The van der Waals surface area contributed by atoms with Gasteiger partial charge >= 0.3 is 11.9 Å². The van der Waals surface area contributed by atoms with Crippen LogP contribution in [0.1, 0.15) is 98.8 Å². The van der Waals surface area contributed by atoms with Crippen molar-refractivity contribution < 1.29 is 28.7 Å². The van der Waals surface area contributed by atoms with Crippen molar-refractivity contribution in [2.75, 3.05) is 39.3 Å². The summed E-state index contributed by atoms with van der Waals surface area (Å²) in [6, 6.07) is 18.3. The average Bonchev–Trinajstić information content (AvgIpc) is 3.78. The predicted octanol–water partition coefficient (Wildman–Crippen LogP) is 5.72. The standard InChI is InChI=1S/C42H56N4O6/c1-3-43-27-35(45(33-21-13-7-14-22-33)41(49)31-17-9-5-10-18-31)37(29-43)51-39(47)25-26-40(48)52-38-30-44(4-2)28-36(38)46(34-23-15-8-16-24-34)42(50)32-19-11-6-12-20-32/h5-6,9-12,17-20,25-26,33-38H,3-4,7-8,13-16,21-24,27-30H2,1-2H3/b26-25+. The van der Waals surface area contributed by atoms with Crippen LogP contribution >= 0.6 is 0 Å². The minimum Gasteiger partial charge on any atom is -0.456 e. The van der Waals surface area contributed by atoms with Crippen LogP contribution in [0.25, 0.3) is 0 Å². The molecule has 52 heavy (non-hydrogen) atoms. The fourth-order valence-electron chi connectivity index (χ4n) is 8.81. The highest BCUT2D eigenvalue weighted by Gasteiger charge is 2.45. The van der Waals surface area contributed by atoms with E-state index in [0.29, 0.717) is 37.3 Å². The summed E-state index contributed by atoms with van der Waals surface area (Å²) in [6.45, 7) is 7.94. The van der Waals surface area contributed by atoms with E-state index in [1.165, 1.54) is 0 Å². The summed E-state index contributed by atoms with van der Waals surface area (Å²) in [5.74, 6) is -1.34. The predicted molar refractivity (Wildman–Crippen MR) is 200 cm³/mol. The number of likely N-dealkylation sites (N-methyl/N-ethyl adjacent to an activating group) is 2. The van der Waals surface area contributed by atoms with E-state index in [1.807, 2.05) is 70.5 Å². The van der Waals surface area contributed by atoms with Gasteiger partial charge in [0.05, 0.1) is 12.1 Å². The minimum atomic E-state index is -0.637. The smallest absolute Gasteiger partial charge is 0.331 e. The average molecular weight is 713 g/mol. The first-order chi connectivity index (χ1) is 25.4.